The molecule has 0 radical (unpaired) electrons. The summed E-state index contributed by atoms with van der Waals surface area (Å²) >= 11 is 0. The van der Waals surface area contributed by atoms with Gasteiger partial charge in [-0.3, -0.25) is 9.59 Å². The van der Waals surface area contributed by atoms with E-state index in [0.717, 1.165) is 4.90 Å². The number of nitrogens with zero attached hydrogens (tertiary/aromatic N) is 2. The number of amides is 5. The minimum Gasteiger partial charge on any atom is -0.480 e. The molecule has 1 heterocycles. The van der Waals surface area contributed by atoms with Crippen molar-refractivity contribution >= 4 is 29.9 Å². The molecule has 3 atom stereocenters. The number of aliphatic carboxylic acids is 1. The van der Waals surface area contributed by atoms with Crippen LogP contribution in [0.15, 0.2) is 0 Å². The zero-order valence-electron chi connectivity index (χ0n) is 17.6. The second-order valence-corrected chi connectivity index (χ2v) is 8.01. The molecule has 164 valence electrons. The van der Waals surface area contributed by atoms with Crippen molar-refractivity contribution in [2.75, 3.05) is 20.1 Å². The Bertz CT molecular complexity index is 674. The highest BCUT2D eigenvalue weighted by Crippen LogP contribution is 2.15. The molecule has 0 bridgehead atoms. The number of carboxylic acid groups (broad SMARTS) is 1. The monoisotopic (exact) mass is 414 g/mol. The highest BCUT2D eigenvalue weighted by Gasteiger charge is 2.43. The summed E-state index contributed by atoms with van der Waals surface area (Å²) in [5, 5.41) is 14.1. The number of carbonyl (C=O) groups excluding carboxylic acids is 4. The lowest BCUT2D eigenvalue weighted by Crippen LogP contribution is -2.54. The number of hydrogen-bond donors (Lipinski definition) is 3. The van der Waals surface area contributed by atoms with Crippen LogP contribution in [0.3, 0.4) is 0 Å². The number of ether oxygens (including phenoxy) is 1. The fourth-order valence-corrected chi connectivity index (χ4v) is 2.70. The summed E-state index contributed by atoms with van der Waals surface area (Å²) in [5.74, 6) is -3.05. The SMILES string of the molecule is CCC(C)C(NC(=O)OC(C)(C)C)C(=O)NCC(=O)N1C(=O)N(C)C[C@H]1C(=O)O. The molecule has 1 aliphatic rings. The maximum Gasteiger partial charge on any atom is 0.408 e. The maximum atomic E-state index is 12.6. The topological polar surface area (TPSA) is 145 Å². The van der Waals surface area contributed by atoms with Crippen molar-refractivity contribution in [3.05, 3.63) is 0 Å². The van der Waals surface area contributed by atoms with Crippen LogP contribution in [0.5, 0.6) is 0 Å². The fourth-order valence-electron chi connectivity index (χ4n) is 2.70. The van der Waals surface area contributed by atoms with Gasteiger partial charge in [-0.05, 0) is 26.7 Å². The number of carboxylic acids is 1. The standard InChI is InChI=1S/C18H30N4O7/c1-7-10(2)13(20-16(27)29-18(3,4)5)14(24)19-8-12(23)22-11(15(25)26)9-21(6)17(22)28/h10-11,13H,7-9H2,1-6H3,(H,19,24)(H,20,27)(H,25,26)/t10?,11-,13?/m0/s1. The Morgan fingerprint density at radius 2 is 1.86 bits per heavy atom. The molecule has 1 fully saturated rings. The number of likely N-dealkylation sites (N-methyl/N-ethyl adjacent to an activating group) is 1. The van der Waals surface area contributed by atoms with Gasteiger partial charge in [0.25, 0.3) is 5.91 Å². The lowest BCUT2D eigenvalue weighted by atomic mass is 9.98. The van der Waals surface area contributed by atoms with Crippen molar-refractivity contribution in [1.82, 2.24) is 20.4 Å². The molecule has 0 aromatic rings. The molecule has 0 spiro atoms. The normalized spacial score (nSPS) is 18.8. The molecule has 3 N–H and O–H groups in total. The molecule has 0 saturated carbocycles. The van der Waals surface area contributed by atoms with Gasteiger partial charge in [-0.15, -0.1) is 0 Å². The van der Waals surface area contributed by atoms with Crippen molar-refractivity contribution in [3.63, 3.8) is 0 Å². The fraction of sp³-hybridized carbons (Fsp3) is 0.722. The molecule has 1 aliphatic heterocycles. The van der Waals surface area contributed by atoms with E-state index in [0.29, 0.717) is 11.3 Å². The number of imide groups is 1. The van der Waals surface area contributed by atoms with E-state index < -0.39 is 54.1 Å². The molecule has 2 unspecified atom stereocenters. The van der Waals surface area contributed by atoms with E-state index in [2.05, 4.69) is 10.6 Å². The number of urea groups is 1. The minimum atomic E-state index is -1.32. The van der Waals surface area contributed by atoms with Crippen LogP contribution in [-0.4, -0.2) is 82.6 Å². The first-order valence-corrected chi connectivity index (χ1v) is 9.35. The number of hydrogen-bond acceptors (Lipinski definition) is 6. The Balaban J connectivity index is 2.79. The van der Waals surface area contributed by atoms with Gasteiger partial charge in [-0.1, -0.05) is 20.3 Å². The predicted octanol–water partition coefficient (Wildman–Crippen LogP) is 0.389. The van der Waals surface area contributed by atoms with Gasteiger partial charge in [0.1, 0.15) is 11.6 Å². The van der Waals surface area contributed by atoms with E-state index in [1.807, 2.05) is 6.92 Å². The highest BCUT2D eigenvalue weighted by molar-refractivity contribution is 6.02. The summed E-state index contributed by atoms with van der Waals surface area (Å²) in [6.07, 6.45) is -0.204. The van der Waals surface area contributed by atoms with Gasteiger partial charge in [0.05, 0.1) is 13.1 Å². The van der Waals surface area contributed by atoms with Gasteiger partial charge in [-0.2, -0.15) is 0 Å². The summed E-state index contributed by atoms with van der Waals surface area (Å²) in [7, 11) is 1.38. The zero-order chi connectivity index (χ0) is 22.5. The molecule has 5 amide bonds. The first-order chi connectivity index (χ1) is 13.3. The molecule has 0 aliphatic carbocycles. The predicted molar refractivity (Wildman–Crippen MR) is 102 cm³/mol. The van der Waals surface area contributed by atoms with Crippen LogP contribution in [0.1, 0.15) is 41.0 Å². The molecule has 11 heteroatoms. The minimum absolute atomic E-state index is 0.135. The molecular weight excluding hydrogens is 384 g/mol. The van der Waals surface area contributed by atoms with E-state index in [9.17, 15) is 29.1 Å². The van der Waals surface area contributed by atoms with Crippen molar-refractivity contribution in [2.24, 2.45) is 5.92 Å². The summed E-state index contributed by atoms with van der Waals surface area (Å²) in [4.78, 5) is 62.1. The smallest absolute Gasteiger partial charge is 0.408 e. The van der Waals surface area contributed by atoms with Crippen LogP contribution >= 0.6 is 0 Å². The highest BCUT2D eigenvalue weighted by atomic mass is 16.6. The third-order valence-corrected chi connectivity index (χ3v) is 4.43. The summed E-state index contributed by atoms with van der Waals surface area (Å²) < 4.78 is 5.17. The maximum absolute atomic E-state index is 12.6. The Hall–Kier alpha value is -2.85. The first kappa shape index (κ1) is 24.2. The van der Waals surface area contributed by atoms with Gasteiger partial charge in [0, 0.05) is 7.05 Å². The number of carbonyl (C=O) groups is 5. The third kappa shape index (κ3) is 6.61. The van der Waals surface area contributed by atoms with Gasteiger partial charge in [-0.25, -0.2) is 19.3 Å². The first-order valence-electron chi connectivity index (χ1n) is 9.35. The van der Waals surface area contributed by atoms with E-state index >= 15 is 0 Å². The van der Waals surface area contributed by atoms with Crippen molar-refractivity contribution in [2.45, 2.75) is 58.7 Å². The van der Waals surface area contributed by atoms with Gasteiger partial charge >= 0.3 is 18.1 Å². The number of alkyl carbamates (subject to hydrolysis) is 1. The van der Waals surface area contributed by atoms with Crippen LogP contribution in [0.4, 0.5) is 9.59 Å². The van der Waals surface area contributed by atoms with E-state index in [4.69, 9.17) is 4.74 Å². The molecule has 0 aromatic carbocycles. The van der Waals surface area contributed by atoms with Crippen LogP contribution in [0.25, 0.3) is 0 Å². The van der Waals surface area contributed by atoms with Gasteiger partial charge in [0.2, 0.25) is 5.91 Å². The average molecular weight is 414 g/mol. The molecule has 1 rings (SSSR count). The Kier molecular flexibility index (Phi) is 7.98. The second kappa shape index (κ2) is 9.57. The quantitative estimate of drug-likeness (QED) is 0.546. The molecule has 0 aromatic heterocycles. The van der Waals surface area contributed by atoms with E-state index in [-0.39, 0.29) is 12.5 Å². The molecule has 11 nitrogen and oxygen atoms in total. The average Bonchev–Trinajstić information content (AvgIpc) is 2.90. The molecule has 1 saturated heterocycles. The Morgan fingerprint density at radius 1 is 1.28 bits per heavy atom. The third-order valence-electron chi connectivity index (χ3n) is 4.43. The lowest BCUT2D eigenvalue weighted by molar-refractivity contribution is -0.146. The van der Waals surface area contributed by atoms with Crippen LogP contribution in [0.2, 0.25) is 0 Å². The second-order valence-electron chi connectivity index (χ2n) is 8.01. The van der Waals surface area contributed by atoms with Crippen LogP contribution in [-0.2, 0) is 19.1 Å². The summed E-state index contributed by atoms with van der Waals surface area (Å²) in [6.45, 7) is 7.94. The van der Waals surface area contributed by atoms with E-state index in [1.165, 1.54) is 7.05 Å². The zero-order valence-corrected chi connectivity index (χ0v) is 17.6. The van der Waals surface area contributed by atoms with E-state index in [1.54, 1.807) is 27.7 Å². The van der Waals surface area contributed by atoms with Crippen molar-refractivity contribution in [3.8, 4) is 0 Å². The molecule has 29 heavy (non-hydrogen) atoms. The number of nitrogens with one attached hydrogen (secondary N) is 2. The summed E-state index contributed by atoms with van der Waals surface area (Å²) in [6, 6.07) is -3.03. The Morgan fingerprint density at radius 3 is 2.34 bits per heavy atom. The van der Waals surface area contributed by atoms with Gasteiger partial charge < -0.3 is 25.4 Å². The Labute approximate surface area is 169 Å². The van der Waals surface area contributed by atoms with Crippen molar-refractivity contribution < 1.29 is 33.8 Å². The number of rotatable bonds is 7. The lowest BCUT2D eigenvalue weighted by Gasteiger charge is -2.26. The van der Waals surface area contributed by atoms with Crippen LogP contribution in [0, 0.1) is 5.92 Å². The van der Waals surface area contributed by atoms with Gasteiger partial charge in [0.15, 0.2) is 6.04 Å². The summed E-state index contributed by atoms with van der Waals surface area (Å²) in [5.41, 5.74) is -0.746. The van der Waals surface area contributed by atoms with Crippen molar-refractivity contribution in [1.29, 1.82) is 0 Å². The molecular formula is C18H30N4O7. The largest absolute Gasteiger partial charge is 0.480 e. The van der Waals surface area contributed by atoms with Crippen LogP contribution < -0.4 is 10.6 Å².